The van der Waals surface area contributed by atoms with E-state index in [9.17, 15) is 0 Å². The summed E-state index contributed by atoms with van der Waals surface area (Å²) in [5.41, 5.74) is 10.6. The fourth-order valence-electron chi connectivity index (χ4n) is 5.10. The van der Waals surface area contributed by atoms with Crippen molar-refractivity contribution in [2.75, 3.05) is 0 Å². The normalized spacial score (nSPS) is 14.5. The lowest BCUT2D eigenvalue weighted by atomic mass is 9.70. The second-order valence-corrected chi connectivity index (χ2v) is 10.4. The third-order valence-corrected chi connectivity index (χ3v) is 7.73. The standard InChI is InChI=1S/C25H13Br2I/c26-14-5-8-18-19-9-6-15(27)12-23(19)25(22(18)11-14)21-4-2-1-3-17(21)20-10-7-16(28)13-24(20)25/h1-13H. The van der Waals surface area contributed by atoms with E-state index in [4.69, 9.17) is 0 Å². The summed E-state index contributed by atoms with van der Waals surface area (Å²) in [6, 6.07) is 29.2. The van der Waals surface area contributed by atoms with Gasteiger partial charge in [-0.25, -0.2) is 0 Å². The Morgan fingerprint density at radius 2 is 1.04 bits per heavy atom. The van der Waals surface area contributed by atoms with Gasteiger partial charge in [-0.3, -0.25) is 0 Å². The maximum absolute atomic E-state index is 3.74. The predicted octanol–water partition coefficient (Wildman–Crippen LogP) is 8.16. The summed E-state index contributed by atoms with van der Waals surface area (Å²) in [6.07, 6.45) is 0. The van der Waals surface area contributed by atoms with Gasteiger partial charge < -0.3 is 0 Å². The summed E-state index contributed by atoms with van der Waals surface area (Å²) in [6.45, 7) is 0. The molecule has 0 unspecified atom stereocenters. The van der Waals surface area contributed by atoms with Gasteiger partial charge in [0.2, 0.25) is 0 Å². The minimum atomic E-state index is -0.272. The van der Waals surface area contributed by atoms with Gasteiger partial charge in [0.15, 0.2) is 0 Å². The first kappa shape index (κ1) is 17.4. The van der Waals surface area contributed by atoms with Crippen molar-refractivity contribution in [3.63, 3.8) is 0 Å². The van der Waals surface area contributed by atoms with Crippen molar-refractivity contribution in [3.05, 3.63) is 114 Å². The van der Waals surface area contributed by atoms with E-state index >= 15 is 0 Å². The molecule has 4 aromatic rings. The van der Waals surface area contributed by atoms with Crippen molar-refractivity contribution in [1.82, 2.24) is 0 Å². The summed E-state index contributed by atoms with van der Waals surface area (Å²) < 4.78 is 3.51. The van der Waals surface area contributed by atoms with Crippen LogP contribution < -0.4 is 0 Å². The Morgan fingerprint density at radius 3 is 1.68 bits per heavy atom. The largest absolute Gasteiger partial charge is 0.0726 e. The topological polar surface area (TPSA) is 0 Å². The Kier molecular flexibility index (Phi) is 3.76. The molecule has 2 aliphatic carbocycles. The van der Waals surface area contributed by atoms with Crippen LogP contribution in [0.25, 0.3) is 22.3 Å². The lowest BCUT2D eigenvalue weighted by molar-refractivity contribution is 0.791. The van der Waals surface area contributed by atoms with Crippen LogP contribution in [0.3, 0.4) is 0 Å². The zero-order valence-electron chi connectivity index (χ0n) is 14.6. The van der Waals surface area contributed by atoms with Gasteiger partial charge in [-0.1, -0.05) is 74.3 Å². The molecule has 0 saturated heterocycles. The molecule has 2 aliphatic rings. The molecule has 0 atom stereocenters. The molecular weight excluding hydrogens is 587 g/mol. The molecule has 28 heavy (non-hydrogen) atoms. The van der Waals surface area contributed by atoms with Crippen LogP contribution in [-0.4, -0.2) is 0 Å². The van der Waals surface area contributed by atoms with Crippen LogP contribution in [0.2, 0.25) is 0 Å². The quantitative estimate of drug-likeness (QED) is 0.155. The molecule has 0 heterocycles. The molecule has 0 aromatic heterocycles. The Balaban J connectivity index is 1.88. The number of fused-ring (bicyclic) bond motifs is 10. The first-order valence-corrected chi connectivity index (χ1v) is 11.8. The molecule has 0 bridgehead atoms. The molecule has 6 rings (SSSR count). The summed E-state index contributed by atoms with van der Waals surface area (Å²) >= 11 is 9.91. The fraction of sp³-hybridized carbons (Fsp3) is 0.0400. The van der Waals surface area contributed by atoms with Crippen molar-refractivity contribution in [3.8, 4) is 22.3 Å². The molecule has 0 N–H and O–H groups in total. The number of hydrogen-bond donors (Lipinski definition) is 0. The Hall–Kier alpha value is -1.43. The lowest BCUT2D eigenvalue weighted by Crippen LogP contribution is -2.26. The average Bonchev–Trinajstić information content (AvgIpc) is 3.13. The zero-order chi connectivity index (χ0) is 19.0. The van der Waals surface area contributed by atoms with Crippen LogP contribution >= 0.6 is 54.5 Å². The molecular formula is C25H13Br2I. The van der Waals surface area contributed by atoms with E-state index in [1.165, 1.54) is 48.1 Å². The minimum Gasteiger partial charge on any atom is -0.0619 e. The number of benzene rings is 4. The zero-order valence-corrected chi connectivity index (χ0v) is 20.0. The van der Waals surface area contributed by atoms with Crippen LogP contribution in [0, 0.1) is 3.57 Å². The third-order valence-electron chi connectivity index (χ3n) is 6.07. The van der Waals surface area contributed by atoms with E-state index < -0.39 is 0 Å². The summed E-state index contributed by atoms with van der Waals surface area (Å²) in [5.74, 6) is 0. The second kappa shape index (κ2) is 6.04. The van der Waals surface area contributed by atoms with Crippen molar-refractivity contribution in [2.24, 2.45) is 0 Å². The SMILES string of the molecule is Brc1ccc2c(c1)C1(c3ccccc3-c3ccc(I)cc31)c1cc(Br)ccc1-2. The van der Waals surface area contributed by atoms with Crippen molar-refractivity contribution in [2.45, 2.75) is 5.41 Å². The van der Waals surface area contributed by atoms with E-state index in [2.05, 4.69) is 133 Å². The summed E-state index contributed by atoms with van der Waals surface area (Å²) in [4.78, 5) is 0. The lowest BCUT2D eigenvalue weighted by Gasteiger charge is -2.30. The van der Waals surface area contributed by atoms with Crippen LogP contribution in [-0.2, 0) is 5.41 Å². The Morgan fingerprint density at radius 1 is 0.536 bits per heavy atom. The molecule has 0 nitrogen and oxygen atoms in total. The molecule has 0 saturated carbocycles. The van der Waals surface area contributed by atoms with Gasteiger partial charge in [0.25, 0.3) is 0 Å². The van der Waals surface area contributed by atoms with E-state index in [0.717, 1.165) is 8.95 Å². The summed E-state index contributed by atoms with van der Waals surface area (Å²) in [7, 11) is 0. The first-order valence-electron chi connectivity index (χ1n) is 9.11. The number of halogens is 3. The van der Waals surface area contributed by atoms with Gasteiger partial charge in [0.1, 0.15) is 0 Å². The molecule has 0 radical (unpaired) electrons. The first-order chi connectivity index (χ1) is 13.6. The van der Waals surface area contributed by atoms with Gasteiger partial charge >= 0.3 is 0 Å². The highest BCUT2D eigenvalue weighted by molar-refractivity contribution is 14.1. The Labute approximate surface area is 194 Å². The highest BCUT2D eigenvalue weighted by Gasteiger charge is 2.51. The van der Waals surface area contributed by atoms with E-state index in [0.29, 0.717) is 0 Å². The maximum Gasteiger partial charge on any atom is 0.0726 e. The molecule has 134 valence electrons. The van der Waals surface area contributed by atoms with Gasteiger partial charge in [-0.15, -0.1) is 0 Å². The molecule has 0 fully saturated rings. The van der Waals surface area contributed by atoms with E-state index in [-0.39, 0.29) is 5.41 Å². The van der Waals surface area contributed by atoms with E-state index in [1.54, 1.807) is 0 Å². The van der Waals surface area contributed by atoms with Crippen LogP contribution in [0.5, 0.6) is 0 Å². The predicted molar refractivity (Wildman–Crippen MR) is 131 cm³/mol. The van der Waals surface area contributed by atoms with Crippen LogP contribution in [0.4, 0.5) is 0 Å². The molecule has 3 heteroatoms. The van der Waals surface area contributed by atoms with Crippen molar-refractivity contribution < 1.29 is 0 Å². The molecule has 4 aromatic carbocycles. The minimum absolute atomic E-state index is 0.272. The van der Waals surface area contributed by atoms with Gasteiger partial charge in [-0.05, 0) is 103 Å². The highest BCUT2D eigenvalue weighted by atomic mass is 127. The molecule has 0 amide bonds. The van der Waals surface area contributed by atoms with Crippen LogP contribution in [0.15, 0.2) is 87.8 Å². The van der Waals surface area contributed by atoms with Crippen molar-refractivity contribution in [1.29, 1.82) is 0 Å². The number of hydrogen-bond acceptors (Lipinski definition) is 0. The smallest absolute Gasteiger partial charge is 0.0619 e. The van der Waals surface area contributed by atoms with Gasteiger partial charge in [0, 0.05) is 12.5 Å². The van der Waals surface area contributed by atoms with Gasteiger partial charge in [-0.2, -0.15) is 0 Å². The molecule has 1 spiro atoms. The monoisotopic (exact) mass is 598 g/mol. The average molecular weight is 600 g/mol. The third kappa shape index (κ3) is 2.10. The second-order valence-electron chi connectivity index (χ2n) is 7.37. The highest BCUT2D eigenvalue weighted by Crippen LogP contribution is 2.63. The Bertz CT molecular complexity index is 1230. The van der Waals surface area contributed by atoms with Gasteiger partial charge in [0.05, 0.1) is 5.41 Å². The van der Waals surface area contributed by atoms with Crippen molar-refractivity contribution >= 4 is 54.5 Å². The maximum atomic E-state index is 3.74. The number of rotatable bonds is 0. The summed E-state index contributed by atoms with van der Waals surface area (Å²) in [5, 5.41) is 0. The van der Waals surface area contributed by atoms with E-state index in [1.807, 2.05) is 0 Å². The van der Waals surface area contributed by atoms with Crippen LogP contribution in [0.1, 0.15) is 22.3 Å². The molecule has 0 aliphatic heterocycles. The fourth-order valence-corrected chi connectivity index (χ4v) is 6.31.